The van der Waals surface area contributed by atoms with E-state index in [0.717, 1.165) is 38.9 Å². The highest BCUT2D eigenvalue weighted by Gasteiger charge is 2.41. The van der Waals surface area contributed by atoms with Gasteiger partial charge in [0, 0.05) is 18.7 Å². The van der Waals surface area contributed by atoms with E-state index in [0.29, 0.717) is 47.8 Å². The molecule has 0 aliphatic carbocycles. The Hall–Kier alpha value is -4.61. The van der Waals surface area contributed by atoms with Crippen LogP contribution in [0.1, 0.15) is 47.7 Å². The fourth-order valence-corrected chi connectivity index (χ4v) is 5.17. The maximum absolute atomic E-state index is 13.6. The molecule has 3 aromatic rings. The highest BCUT2D eigenvalue weighted by molar-refractivity contribution is 5.90. The number of likely N-dealkylation sites (tertiary alicyclic amines) is 1. The van der Waals surface area contributed by atoms with Crippen molar-refractivity contribution in [3.63, 3.8) is 0 Å². The van der Waals surface area contributed by atoms with Crippen molar-refractivity contribution < 1.29 is 48.0 Å². The number of benzene rings is 3. The number of hydrogen-bond donors (Lipinski definition) is 3. The van der Waals surface area contributed by atoms with Crippen LogP contribution < -0.4 is 4.74 Å². The van der Waals surface area contributed by atoms with E-state index in [4.69, 9.17) is 19.7 Å². The first kappa shape index (κ1) is 34.9. The summed E-state index contributed by atoms with van der Waals surface area (Å²) in [6.07, 6.45) is 3.42. The van der Waals surface area contributed by atoms with E-state index in [9.17, 15) is 28.3 Å². The number of carbonyl (C=O) groups is 3. The molecule has 0 unspecified atom stereocenters. The van der Waals surface area contributed by atoms with Crippen molar-refractivity contribution in [1.82, 2.24) is 4.90 Å². The third kappa shape index (κ3) is 10.5. The molecule has 3 aromatic carbocycles. The second kappa shape index (κ2) is 17.0. The molecular weight excluding hydrogens is 588 g/mol. The normalized spacial score (nSPS) is 14.0. The number of ether oxygens (including phenoxy) is 2. The molecule has 0 amide bonds. The number of piperidine rings is 1. The van der Waals surface area contributed by atoms with Gasteiger partial charge in [-0.05, 0) is 98.8 Å². The number of rotatable bonds is 12. The smallest absolute Gasteiger partial charge is 0.338 e. The van der Waals surface area contributed by atoms with E-state index in [1.165, 1.54) is 24.3 Å². The summed E-state index contributed by atoms with van der Waals surface area (Å²) in [7, 11) is 0. The standard InChI is InChI=1S/C30H33F2NO4.C4H4O4/c1-2-36-29(34)22-5-3-6-28(21-22)37-20-4-17-33-18-15-25(16-19-33)30(35,23-7-11-26(31)12-8-23)24-9-13-27(32)14-10-24;5-3(6)1-2-4(7)8/h3,5-14,21,25,35H,2,4,15-20H2,1H3;1-2H,(H,5,6)(H,7,8). The highest BCUT2D eigenvalue weighted by atomic mass is 19.1. The fraction of sp³-hybridized carbons (Fsp3) is 0.324. The zero-order chi connectivity index (χ0) is 32.8. The van der Waals surface area contributed by atoms with Crippen LogP contribution in [0.5, 0.6) is 5.75 Å². The molecule has 45 heavy (non-hydrogen) atoms. The van der Waals surface area contributed by atoms with Gasteiger partial charge in [-0.1, -0.05) is 30.3 Å². The molecule has 0 aromatic heterocycles. The van der Waals surface area contributed by atoms with Gasteiger partial charge in [-0.15, -0.1) is 0 Å². The predicted molar refractivity (Wildman–Crippen MR) is 162 cm³/mol. The third-order valence-corrected chi connectivity index (χ3v) is 7.35. The molecule has 4 rings (SSSR count). The Morgan fingerprint density at radius 1 is 0.889 bits per heavy atom. The van der Waals surface area contributed by atoms with Gasteiger partial charge < -0.3 is 29.7 Å². The highest BCUT2D eigenvalue weighted by Crippen LogP contribution is 2.42. The first-order valence-electron chi connectivity index (χ1n) is 14.5. The van der Waals surface area contributed by atoms with Gasteiger partial charge in [0.25, 0.3) is 0 Å². The molecule has 240 valence electrons. The Labute approximate surface area is 260 Å². The number of aliphatic hydroxyl groups is 1. The largest absolute Gasteiger partial charge is 0.494 e. The van der Waals surface area contributed by atoms with Crippen molar-refractivity contribution in [3.8, 4) is 5.75 Å². The molecule has 1 heterocycles. The first-order valence-corrected chi connectivity index (χ1v) is 14.5. The summed E-state index contributed by atoms with van der Waals surface area (Å²) in [6, 6.07) is 18.8. The lowest BCUT2D eigenvalue weighted by Gasteiger charge is -2.42. The minimum atomic E-state index is -1.33. The molecule has 0 spiro atoms. The molecule has 1 fully saturated rings. The zero-order valence-corrected chi connectivity index (χ0v) is 24.9. The summed E-state index contributed by atoms with van der Waals surface area (Å²) in [5, 5.41) is 27.6. The molecule has 0 bridgehead atoms. The quantitative estimate of drug-likeness (QED) is 0.140. The second-order valence-electron chi connectivity index (χ2n) is 10.4. The monoisotopic (exact) mass is 625 g/mol. The summed E-state index contributed by atoms with van der Waals surface area (Å²) in [5.74, 6) is -3.07. The average Bonchev–Trinajstić information content (AvgIpc) is 3.03. The molecule has 1 aliphatic heterocycles. The van der Waals surface area contributed by atoms with E-state index in [-0.39, 0.29) is 23.5 Å². The Kier molecular flexibility index (Phi) is 13.2. The van der Waals surface area contributed by atoms with E-state index in [2.05, 4.69) is 4.90 Å². The van der Waals surface area contributed by atoms with Crippen molar-refractivity contribution in [1.29, 1.82) is 0 Å². The van der Waals surface area contributed by atoms with Gasteiger partial charge >= 0.3 is 17.9 Å². The lowest BCUT2D eigenvalue weighted by atomic mass is 9.72. The van der Waals surface area contributed by atoms with Crippen LogP contribution in [-0.4, -0.2) is 71.0 Å². The molecule has 1 saturated heterocycles. The second-order valence-corrected chi connectivity index (χ2v) is 10.4. The molecule has 0 radical (unpaired) electrons. The predicted octanol–water partition coefficient (Wildman–Crippen LogP) is 5.27. The lowest BCUT2D eigenvalue weighted by Crippen LogP contribution is -2.44. The summed E-state index contributed by atoms with van der Waals surface area (Å²) in [5.41, 5.74) is 0.353. The van der Waals surface area contributed by atoms with Crippen molar-refractivity contribution >= 4 is 17.9 Å². The van der Waals surface area contributed by atoms with Crippen molar-refractivity contribution in [2.75, 3.05) is 32.8 Å². The van der Waals surface area contributed by atoms with Crippen molar-refractivity contribution in [2.24, 2.45) is 5.92 Å². The number of esters is 1. The van der Waals surface area contributed by atoms with Crippen LogP contribution in [-0.2, 0) is 19.9 Å². The SMILES string of the molecule is CCOC(=O)c1cccc(OCCCN2CCC(C(O)(c3ccc(F)cc3)c3ccc(F)cc3)CC2)c1.O=C(O)C=CC(=O)O. The first-order chi connectivity index (χ1) is 21.5. The summed E-state index contributed by atoms with van der Waals surface area (Å²) in [4.78, 5) is 33.4. The van der Waals surface area contributed by atoms with Crippen molar-refractivity contribution in [3.05, 3.63) is 113 Å². The Morgan fingerprint density at radius 2 is 1.42 bits per heavy atom. The van der Waals surface area contributed by atoms with Gasteiger partial charge in [0.15, 0.2) is 0 Å². The minimum Gasteiger partial charge on any atom is -0.494 e. The van der Waals surface area contributed by atoms with Crippen LogP contribution >= 0.6 is 0 Å². The Balaban J connectivity index is 0.000000610. The van der Waals surface area contributed by atoms with Gasteiger partial charge in [0.2, 0.25) is 0 Å². The van der Waals surface area contributed by atoms with Crippen LogP contribution in [0.4, 0.5) is 8.78 Å². The van der Waals surface area contributed by atoms with Crippen LogP contribution in [0.3, 0.4) is 0 Å². The van der Waals surface area contributed by atoms with Gasteiger partial charge in [-0.25, -0.2) is 23.2 Å². The topological polar surface area (TPSA) is 134 Å². The average molecular weight is 626 g/mol. The number of hydrogen-bond acceptors (Lipinski definition) is 7. The summed E-state index contributed by atoms with van der Waals surface area (Å²) < 4.78 is 38.1. The number of carboxylic acid groups (broad SMARTS) is 2. The van der Waals surface area contributed by atoms with E-state index < -0.39 is 17.5 Å². The molecule has 0 saturated carbocycles. The van der Waals surface area contributed by atoms with Crippen LogP contribution in [0.2, 0.25) is 0 Å². The maximum Gasteiger partial charge on any atom is 0.338 e. The molecule has 9 nitrogen and oxygen atoms in total. The van der Waals surface area contributed by atoms with Gasteiger partial charge in [-0.2, -0.15) is 0 Å². The molecule has 11 heteroatoms. The molecule has 0 atom stereocenters. The minimum absolute atomic E-state index is 0.0958. The van der Waals surface area contributed by atoms with Crippen molar-refractivity contribution in [2.45, 2.75) is 31.8 Å². The van der Waals surface area contributed by atoms with Gasteiger partial charge in [-0.3, -0.25) is 0 Å². The van der Waals surface area contributed by atoms with Crippen LogP contribution in [0.25, 0.3) is 0 Å². The Morgan fingerprint density at radius 3 is 1.91 bits per heavy atom. The summed E-state index contributed by atoms with van der Waals surface area (Å²) in [6.45, 7) is 5.05. The van der Waals surface area contributed by atoms with Crippen LogP contribution in [0.15, 0.2) is 84.9 Å². The molecular formula is C34H37F2NO8. The lowest BCUT2D eigenvalue weighted by molar-refractivity contribution is -0.134. The number of aliphatic carboxylic acids is 2. The zero-order valence-electron chi connectivity index (χ0n) is 24.9. The molecule has 3 N–H and O–H groups in total. The molecule has 1 aliphatic rings. The fourth-order valence-electron chi connectivity index (χ4n) is 5.17. The van der Waals surface area contributed by atoms with Gasteiger partial charge in [0.1, 0.15) is 23.0 Å². The Bertz CT molecular complexity index is 1370. The summed E-state index contributed by atoms with van der Waals surface area (Å²) >= 11 is 0. The maximum atomic E-state index is 13.6. The van der Waals surface area contributed by atoms with E-state index in [1.807, 2.05) is 6.07 Å². The van der Waals surface area contributed by atoms with E-state index in [1.54, 1.807) is 49.4 Å². The number of carboxylic acids is 2. The number of halogens is 2. The third-order valence-electron chi connectivity index (χ3n) is 7.35. The van der Waals surface area contributed by atoms with Crippen LogP contribution in [0, 0.1) is 17.6 Å². The number of nitrogens with zero attached hydrogens (tertiary/aromatic N) is 1. The van der Waals surface area contributed by atoms with E-state index >= 15 is 0 Å². The number of carbonyl (C=O) groups excluding carboxylic acids is 1. The van der Waals surface area contributed by atoms with Gasteiger partial charge in [0.05, 0.1) is 18.8 Å².